The zero-order valence-corrected chi connectivity index (χ0v) is 7.79. The molecule has 0 aromatic rings. The summed E-state index contributed by atoms with van der Waals surface area (Å²) in [4.78, 5) is 8.79. The predicted molar refractivity (Wildman–Crippen MR) is 58.0 cm³/mol. The number of hydrogen-bond acceptors (Lipinski definition) is 1. The summed E-state index contributed by atoms with van der Waals surface area (Å²) in [6, 6.07) is 0. The molecule has 0 aromatic heterocycles. The van der Waals surface area contributed by atoms with Crippen LogP contribution in [0.3, 0.4) is 0 Å². The van der Waals surface area contributed by atoms with E-state index in [2.05, 4.69) is 28.9 Å². The van der Waals surface area contributed by atoms with Gasteiger partial charge in [-0.2, -0.15) is 0 Å². The topological polar surface area (TPSA) is 17.1 Å². The van der Waals surface area contributed by atoms with E-state index in [-0.39, 0.29) is 14.9 Å². The van der Waals surface area contributed by atoms with Crippen molar-refractivity contribution in [2.75, 3.05) is 0 Å². The van der Waals surface area contributed by atoms with Gasteiger partial charge < -0.3 is 0 Å². The fourth-order valence-corrected chi connectivity index (χ4v) is 0. The number of carbonyl (C=O) groups excluding carboxylic acids is 1. The second-order valence-corrected chi connectivity index (χ2v) is 0.598. The first-order valence-electron chi connectivity index (χ1n) is 0.672. The van der Waals surface area contributed by atoms with Gasteiger partial charge in [0.15, 0.2) is 4.29 Å². The van der Waals surface area contributed by atoms with Crippen LogP contribution in [-0.2, 0) is 4.79 Å². The molecule has 0 aliphatic carbocycles. The molecule has 0 saturated carbocycles. The Morgan fingerprint density at radius 3 is 1.29 bits per heavy atom. The van der Waals surface area contributed by atoms with Crippen LogP contribution in [0.5, 0.6) is 0 Å². The molecule has 0 radical (unpaired) electrons. The second-order valence-electron chi connectivity index (χ2n) is 0.0891. The molecule has 0 fully saturated rings. The molecule has 1 nitrogen and oxygen atoms in total. The molecule has 0 rings (SSSR count). The molecule has 0 heterocycles. The zero-order valence-electron chi connectivity index (χ0n) is 2.32. The van der Waals surface area contributed by atoms with Crippen LogP contribution >= 0.6 is 51.5 Å². The molecule has 48 valence electrons. The molecule has 0 bridgehead atoms. The van der Waals surface area contributed by atoms with E-state index in [1.807, 2.05) is 0 Å². The fraction of sp³-hybridized carbons (Fsp3) is 0.667. The van der Waals surface area contributed by atoms with Crippen molar-refractivity contribution < 1.29 is 4.79 Å². The number of halogens is 2. The lowest BCUT2D eigenvalue weighted by molar-refractivity contribution is 0.572. The highest BCUT2D eigenvalue weighted by Crippen LogP contribution is 1.87. The summed E-state index contributed by atoms with van der Waals surface area (Å²) in [6.45, 7) is 2.39. The average molecular weight is 348 g/mol. The molecule has 1 atom stereocenters. The molecule has 7 heavy (non-hydrogen) atoms. The predicted octanol–water partition coefficient (Wildman–Crippen LogP) is 3.10. The smallest absolute Gasteiger partial charge is 0.179 e. The summed E-state index contributed by atoms with van der Waals surface area (Å²) >= 11 is 3.67. The molecule has 0 amide bonds. The van der Waals surface area contributed by atoms with Crippen LogP contribution in [0, 0.1) is 0 Å². The quantitative estimate of drug-likeness (QED) is 0.285. The summed E-state index contributed by atoms with van der Waals surface area (Å²) in [5.74, 6) is 0. The molecule has 0 saturated heterocycles. The minimum atomic E-state index is 0. The minimum absolute atomic E-state index is 0. The summed E-state index contributed by atoms with van der Waals surface area (Å²) in [7, 11) is 0. The normalized spacial score (nSPS) is 2.71. The monoisotopic (exact) mass is 348 g/mol. The molecule has 0 spiro atoms. The lowest BCUT2D eigenvalue weighted by Gasteiger charge is -1.20. The number of rotatable bonds is 0. The van der Waals surface area contributed by atoms with Gasteiger partial charge in [0, 0.05) is 0 Å². The van der Waals surface area contributed by atoms with E-state index in [4.69, 9.17) is 4.79 Å². The van der Waals surface area contributed by atoms with Gasteiger partial charge >= 0.3 is 0 Å². The van der Waals surface area contributed by atoms with E-state index in [0.29, 0.717) is 0 Å². The Morgan fingerprint density at radius 1 is 1.29 bits per heavy atom. The van der Waals surface area contributed by atoms with E-state index in [1.54, 1.807) is 22.6 Å². The molecular weight excluding hydrogens is 337 g/mol. The SMILES string of the molecule is C.C.O=CI.PI. The van der Waals surface area contributed by atoms with Gasteiger partial charge in [0.2, 0.25) is 0 Å². The molecule has 1 unspecified atom stereocenters. The molecular formula is C3H11I2OP. The zero-order chi connectivity index (χ0) is 4.71. The van der Waals surface area contributed by atoms with Crippen LogP contribution in [0.25, 0.3) is 0 Å². The lowest BCUT2D eigenvalue weighted by Crippen LogP contribution is -1.21. The largest absolute Gasteiger partial charge is 0.292 e. The maximum absolute atomic E-state index is 8.79. The summed E-state index contributed by atoms with van der Waals surface area (Å²) < 4.78 is 0.720. The number of carbonyl (C=O) groups is 1. The Labute approximate surface area is 74.8 Å². The van der Waals surface area contributed by atoms with Crippen molar-refractivity contribution >= 4 is 55.8 Å². The van der Waals surface area contributed by atoms with Crippen molar-refractivity contribution in [3.63, 3.8) is 0 Å². The molecule has 0 aromatic carbocycles. The summed E-state index contributed by atoms with van der Waals surface area (Å²) in [5, 5.41) is 0. The highest BCUT2D eigenvalue weighted by Gasteiger charge is 1.28. The third-order valence-corrected chi connectivity index (χ3v) is 0. The van der Waals surface area contributed by atoms with Gasteiger partial charge in [0.25, 0.3) is 0 Å². The molecule has 4 heteroatoms. The van der Waals surface area contributed by atoms with Gasteiger partial charge in [-0.25, -0.2) is 0 Å². The Morgan fingerprint density at radius 2 is 1.29 bits per heavy atom. The maximum atomic E-state index is 8.79. The van der Waals surface area contributed by atoms with Crippen LogP contribution in [0.15, 0.2) is 0 Å². The van der Waals surface area contributed by atoms with E-state index in [9.17, 15) is 0 Å². The van der Waals surface area contributed by atoms with E-state index in [0.717, 1.165) is 4.29 Å². The Hall–Kier alpha value is 1.56. The van der Waals surface area contributed by atoms with Crippen molar-refractivity contribution in [3.05, 3.63) is 0 Å². The lowest BCUT2D eigenvalue weighted by atomic mass is 11.9. The Bertz CT molecular complexity index is 20.4. The highest BCUT2D eigenvalue weighted by atomic mass is 127. The van der Waals surface area contributed by atoms with Crippen LogP contribution in [0.2, 0.25) is 0 Å². The fourth-order valence-electron chi connectivity index (χ4n) is 0. The van der Waals surface area contributed by atoms with Crippen molar-refractivity contribution in [1.29, 1.82) is 0 Å². The minimum Gasteiger partial charge on any atom is -0.292 e. The van der Waals surface area contributed by atoms with Gasteiger partial charge in [-0.3, -0.25) is 4.79 Å². The highest BCUT2D eigenvalue weighted by molar-refractivity contribution is 14.2. The van der Waals surface area contributed by atoms with E-state index in [1.165, 1.54) is 0 Å². The van der Waals surface area contributed by atoms with Crippen LogP contribution in [0.1, 0.15) is 14.9 Å². The van der Waals surface area contributed by atoms with E-state index >= 15 is 0 Å². The van der Waals surface area contributed by atoms with E-state index < -0.39 is 0 Å². The van der Waals surface area contributed by atoms with Crippen LogP contribution < -0.4 is 0 Å². The van der Waals surface area contributed by atoms with Gasteiger partial charge in [-0.15, -0.1) is 0 Å². The van der Waals surface area contributed by atoms with Gasteiger partial charge in [-0.05, 0) is 22.6 Å². The van der Waals surface area contributed by atoms with Gasteiger partial charge in [0.1, 0.15) is 0 Å². The standard InChI is InChI=1S/CHIO.2CH4.H2IP/c2-1-3;;;1-2/h1H;2*1H4;2H2. The van der Waals surface area contributed by atoms with Crippen molar-refractivity contribution in [2.24, 2.45) is 0 Å². The summed E-state index contributed by atoms with van der Waals surface area (Å²) in [5.41, 5.74) is 0. The Kier molecular flexibility index (Phi) is 167. The van der Waals surface area contributed by atoms with Gasteiger partial charge in [0.05, 0.1) is 0 Å². The van der Waals surface area contributed by atoms with Gasteiger partial charge in [-0.1, -0.05) is 43.8 Å². The maximum Gasteiger partial charge on any atom is 0.179 e. The van der Waals surface area contributed by atoms with Crippen molar-refractivity contribution in [1.82, 2.24) is 0 Å². The van der Waals surface area contributed by atoms with Crippen LogP contribution in [0.4, 0.5) is 0 Å². The van der Waals surface area contributed by atoms with Crippen molar-refractivity contribution in [3.8, 4) is 0 Å². The summed E-state index contributed by atoms with van der Waals surface area (Å²) in [6.07, 6.45) is 0. The first kappa shape index (κ1) is 23.5. The van der Waals surface area contributed by atoms with Crippen molar-refractivity contribution in [2.45, 2.75) is 14.9 Å². The third kappa shape index (κ3) is 96.0. The second kappa shape index (κ2) is 49.6. The Balaban J connectivity index is -0.0000000105. The van der Waals surface area contributed by atoms with Crippen LogP contribution in [-0.4, -0.2) is 4.29 Å². The third-order valence-electron chi connectivity index (χ3n) is 0. The molecule has 0 N–H and O–H groups in total. The first-order valence-corrected chi connectivity index (χ1v) is 6.09. The first-order chi connectivity index (χ1) is 2.41. The average Bonchev–Trinajstić information content (AvgIpc) is 1.46. The molecule has 0 aliphatic rings. The molecule has 0 aliphatic heterocycles. The number of hydrogen-bond donors (Lipinski definition) is 0.